The number of halogens is 1. The second kappa shape index (κ2) is 7.13. The van der Waals surface area contributed by atoms with Gasteiger partial charge in [-0.25, -0.2) is 0 Å². The van der Waals surface area contributed by atoms with E-state index in [9.17, 15) is 0 Å². The minimum Gasteiger partial charge on any atom is -0.330 e. The zero-order chi connectivity index (χ0) is 12.0. The molecule has 0 bridgehead atoms. The number of nitrogens with two attached hydrogens (primary N) is 1. The maximum Gasteiger partial charge on any atom is 0.0211 e. The van der Waals surface area contributed by atoms with Crippen LogP contribution in [0.2, 0.25) is 0 Å². The molecule has 0 aromatic rings. The van der Waals surface area contributed by atoms with Crippen molar-refractivity contribution in [3.05, 3.63) is 22.8 Å². The van der Waals surface area contributed by atoms with Gasteiger partial charge in [-0.05, 0) is 43.4 Å². The van der Waals surface area contributed by atoms with Crippen LogP contribution < -0.4 is 5.73 Å². The molecule has 2 unspecified atom stereocenters. The molecule has 0 saturated carbocycles. The maximum absolute atomic E-state index is 6.22. The van der Waals surface area contributed by atoms with E-state index in [2.05, 4.69) is 26.0 Å². The predicted octanol–water partition coefficient (Wildman–Crippen LogP) is 4.23. The molecule has 0 aromatic heterocycles. The van der Waals surface area contributed by atoms with Crippen LogP contribution in [0.5, 0.6) is 0 Å². The molecule has 0 amide bonds. The van der Waals surface area contributed by atoms with Crippen molar-refractivity contribution >= 4 is 11.6 Å². The molecule has 0 saturated heterocycles. The van der Waals surface area contributed by atoms with Crippen LogP contribution >= 0.6 is 11.6 Å². The van der Waals surface area contributed by atoms with Gasteiger partial charge in [0.05, 0.1) is 0 Å². The van der Waals surface area contributed by atoms with Gasteiger partial charge < -0.3 is 5.73 Å². The van der Waals surface area contributed by atoms with Crippen molar-refractivity contribution in [2.45, 2.75) is 46.0 Å². The summed E-state index contributed by atoms with van der Waals surface area (Å²) in [4.78, 5) is 0. The minimum absolute atomic E-state index is 0.501. The van der Waals surface area contributed by atoms with Gasteiger partial charge in [0.15, 0.2) is 0 Å². The van der Waals surface area contributed by atoms with Gasteiger partial charge in [0.2, 0.25) is 0 Å². The number of hydrogen-bond acceptors (Lipinski definition) is 1. The van der Waals surface area contributed by atoms with Crippen LogP contribution in [0, 0.1) is 11.8 Å². The van der Waals surface area contributed by atoms with Gasteiger partial charge in [0.25, 0.3) is 0 Å². The average Bonchev–Trinajstić information content (AvgIpc) is 3.01. The Morgan fingerprint density at radius 3 is 2.88 bits per heavy atom. The van der Waals surface area contributed by atoms with Crippen LogP contribution in [0.15, 0.2) is 22.8 Å². The van der Waals surface area contributed by atoms with Crippen molar-refractivity contribution in [2.24, 2.45) is 17.6 Å². The van der Waals surface area contributed by atoms with E-state index in [0.29, 0.717) is 11.8 Å². The molecule has 0 radical (unpaired) electrons. The van der Waals surface area contributed by atoms with E-state index in [1.165, 1.54) is 24.8 Å². The molecule has 0 fully saturated rings. The Kier molecular flexibility index (Phi) is 6.15. The molecule has 0 heterocycles. The smallest absolute Gasteiger partial charge is 0.0211 e. The van der Waals surface area contributed by atoms with Crippen LogP contribution in [0.4, 0.5) is 0 Å². The molecular formula is C14H24ClN. The van der Waals surface area contributed by atoms with E-state index >= 15 is 0 Å². The zero-order valence-corrected chi connectivity index (χ0v) is 11.3. The highest BCUT2D eigenvalue weighted by molar-refractivity contribution is 6.30. The Morgan fingerprint density at radius 1 is 1.50 bits per heavy atom. The van der Waals surface area contributed by atoms with E-state index < -0.39 is 0 Å². The minimum atomic E-state index is 0.501. The van der Waals surface area contributed by atoms with Crippen molar-refractivity contribution in [3.63, 3.8) is 0 Å². The molecule has 0 aliphatic heterocycles. The standard InChI is InChI=1S/C14H24ClN/c1-3-11(2)14(15)10-13-9-12(13)7-5-4-6-8-16/h9-12H,3-8,16H2,1-2H3/b14-10+. The van der Waals surface area contributed by atoms with Gasteiger partial charge in [0, 0.05) is 11.0 Å². The summed E-state index contributed by atoms with van der Waals surface area (Å²) in [5, 5.41) is 1.01. The monoisotopic (exact) mass is 241 g/mol. The van der Waals surface area contributed by atoms with Gasteiger partial charge >= 0.3 is 0 Å². The van der Waals surface area contributed by atoms with Crippen molar-refractivity contribution in [3.8, 4) is 0 Å². The Bertz CT molecular complexity index is 268. The zero-order valence-electron chi connectivity index (χ0n) is 10.5. The summed E-state index contributed by atoms with van der Waals surface area (Å²) in [6.45, 7) is 5.18. The van der Waals surface area contributed by atoms with Crippen LogP contribution in [0.25, 0.3) is 0 Å². The molecule has 0 spiro atoms. The molecule has 1 nitrogen and oxygen atoms in total. The summed E-state index contributed by atoms with van der Waals surface area (Å²) in [6.07, 6.45) is 10.6. The lowest BCUT2D eigenvalue weighted by molar-refractivity contribution is 0.622. The number of rotatable bonds is 8. The molecule has 1 aliphatic rings. The van der Waals surface area contributed by atoms with Gasteiger partial charge in [-0.1, -0.05) is 44.4 Å². The SMILES string of the molecule is CCC(C)/C(Cl)=C\C1=CC1CCCCCN. The topological polar surface area (TPSA) is 26.0 Å². The summed E-state index contributed by atoms with van der Waals surface area (Å²) in [5.41, 5.74) is 6.91. The molecule has 92 valence electrons. The number of allylic oxidation sites excluding steroid dienone is 4. The molecule has 0 aromatic carbocycles. The molecule has 2 heteroatoms. The normalized spacial score (nSPS) is 21.9. The quantitative estimate of drug-likeness (QED) is 0.633. The van der Waals surface area contributed by atoms with Crippen LogP contribution in [0.3, 0.4) is 0 Å². The third-order valence-corrected chi connectivity index (χ3v) is 3.80. The first kappa shape index (κ1) is 13.8. The first-order valence-electron chi connectivity index (χ1n) is 6.47. The first-order valence-corrected chi connectivity index (χ1v) is 6.85. The van der Waals surface area contributed by atoms with Crippen LogP contribution in [-0.2, 0) is 0 Å². The summed E-state index contributed by atoms with van der Waals surface area (Å²) < 4.78 is 0. The lowest BCUT2D eigenvalue weighted by Gasteiger charge is -2.05. The van der Waals surface area contributed by atoms with E-state index in [-0.39, 0.29) is 0 Å². The van der Waals surface area contributed by atoms with Crippen molar-refractivity contribution in [1.29, 1.82) is 0 Å². The van der Waals surface area contributed by atoms with Crippen LogP contribution in [0.1, 0.15) is 46.0 Å². The summed E-state index contributed by atoms with van der Waals surface area (Å²) in [5.74, 6) is 1.21. The highest BCUT2D eigenvalue weighted by Crippen LogP contribution is 2.37. The molecule has 1 rings (SSSR count). The van der Waals surface area contributed by atoms with Gasteiger partial charge in [0.1, 0.15) is 0 Å². The Labute approximate surface area is 105 Å². The summed E-state index contributed by atoms with van der Waals surface area (Å²) in [7, 11) is 0. The van der Waals surface area contributed by atoms with Gasteiger partial charge in [-0.15, -0.1) is 0 Å². The second-order valence-electron chi connectivity index (χ2n) is 4.75. The fraction of sp³-hybridized carbons (Fsp3) is 0.714. The molecule has 2 N–H and O–H groups in total. The lowest BCUT2D eigenvalue weighted by atomic mass is 10.1. The molecule has 2 atom stereocenters. The average molecular weight is 242 g/mol. The highest BCUT2D eigenvalue weighted by atomic mass is 35.5. The van der Waals surface area contributed by atoms with E-state index in [1.54, 1.807) is 0 Å². The molecule has 1 aliphatic carbocycles. The third kappa shape index (κ3) is 4.71. The number of unbranched alkanes of at least 4 members (excludes halogenated alkanes) is 2. The maximum atomic E-state index is 6.22. The fourth-order valence-electron chi connectivity index (χ4n) is 1.77. The lowest BCUT2D eigenvalue weighted by Crippen LogP contribution is -1.97. The third-order valence-electron chi connectivity index (χ3n) is 3.32. The molecule has 16 heavy (non-hydrogen) atoms. The predicted molar refractivity (Wildman–Crippen MR) is 72.5 cm³/mol. The van der Waals surface area contributed by atoms with Crippen molar-refractivity contribution in [1.82, 2.24) is 0 Å². The number of hydrogen-bond donors (Lipinski definition) is 1. The second-order valence-corrected chi connectivity index (χ2v) is 5.19. The largest absolute Gasteiger partial charge is 0.330 e. The molecular weight excluding hydrogens is 218 g/mol. The van der Waals surface area contributed by atoms with E-state index in [1.807, 2.05) is 0 Å². The van der Waals surface area contributed by atoms with Crippen LogP contribution in [-0.4, -0.2) is 6.54 Å². The Balaban J connectivity index is 2.16. The Morgan fingerprint density at radius 2 is 2.25 bits per heavy atom. The van der Waals surface area contributed by atoms with E-state index in [0.717, 1.165) is 24.4 Å². The highest BCUT2D eigenvalue weighted by Gasteiger charge is 2.22. The summed E-state index contributed by atoms with van der Waals surface area (Å²) >= 11 is 6.22. The van der Waals surface area contributed by atoms with Gasteiger partial charge in [-0.3, -0.25) is 0 Å². The Hall–Kier alpha value is -0.270. The van der Waals surface area contributed by atoms with Crippen molar-refractivity contribution < 1.29 is 0 Å². The first-order chi connectivity index (χ1) is 7.69. The summed E-state index contributed by atoms with van der Waals surface area (Å²) in [6, 6.07) is 0. The van der Waals surface area contributed by atoms with E-state index in [4.69, 9.17) is 17.3 Å². The van der Waals surface area contributed by atoms with Crippen molar-refractivity contribution in [2.75, 3.05) is 6.54 Å². The van der Waals surface area contributed by atoms with Gasteiger partial charge in [-0.2, -0.15) is 0 Å². The fourth-order valence-corrected chi connectivity index (χ4v) is 2.05.